The van der Waals surface area contributed by atoms with E-state index in [9.17, 15) is 18.0 Å². The Morgan fingerprint density at radius 3 is 2.68 bits per heavy atom. The summed E-state index contributed by atoms with van der Waals surface area (Å²) in [6.07, 6.45) is 0. The first-order valence-corrected chi connectivity index (χ1v) is 9.81. The number of piperazine rings is 1. The Kier molecular flexibility index (Phi) is 5.07. The summed E-state index contributed by atoms with van der Waals surface area (Å²) in [7, 11) is -3.85. The molecular weight excluding hydrogens is 344 g/mol. The lowest BCUT2D eigenvalue weighted by Gasteiger charge is -2.27. The third-order valence-corrected chi connectivity index (χ3v) is 6.38. The summed E-state index contributed by atoms with van der Waals surface area (Å²) < 4.78 is 25.6. The summed E-state index contributed by atoms with van der Waals surface area (Å²) in [6, 6.07) is 4.19. The summed E-state index contributed by atoms with van der Waals surface area (Å²) in [6.45, 7) is 6.69. The molecule has 0 saturated carbocycles. The van der Waals surface area contributed by atoms with Crippen LogP contribution < -0.4 is 10.6 Å². The topological polar surface area (TPSA) is 98.8 Å². The maximum atomic E-state index is 12.4. The first-order valence-electron chi connectivity index (χ1n) is 8.37. The van der Waals surface area contributed by atoms with Crippen molar-refractivity contribution in [1.82, 2.24) is 19.8 Å². The first-order chi connectivity index (χ1) is 11.9. The first kappa shape index (κ1) is 17.8. The Morgan fingerprint density at radius 1 is 1.28 bits per heavy atom. The Labute approximate surface area is 147 Å². The Balaban J connectivity index is 1.68. The number of nitrogens with one attached hydrogen (secondary N) is 2. The van der Waals surface area contributed by atoms with E-state index in [1.165, 1.54) is 18.2 Å². The zero-order valence-corrected chi connectivity index (χ0v) is 14.9. The summed E-state index contributed by atoms with van der Waals surface area (Å²) >= 11 is 0. The van der Waals surface area contributed by atoms with Gasteiger partial charge in [0, 0.05) is 51.4 Å². The highest BCUT2D eigenvalue weighted by atomic mass is 32.2. The normalized spacial score (nSPS) is 19.7. The number of carbonyl (C=O) groups is 2. The van der Waals surface area contributed by atoms with Gasteiger partial charge in [-0.25, -0.2) is 12.7 Å². The quantitative estimate of drug-likeness (QED) is 0.728. The number of nitrogens with zero attached hydrogens (tertiary/aromatic N) is 2. The molecule has 0 unspecified atom stereocenters. The average molecular weight is 366 g/mol. The number of benzene rings is 1. The van der Waals surface area contributed by atoms with Crippen molar-refractivity contribution in [2.75, 3.05) is 45.8 Å². The van der Waals surface area contributed by atoms with Crippen molar-refractivity contribution >= 4 is 21.8 Å². The van der Waals surface area contributed by atoms with Crippen LogP contribution in [0.3, 0.4) is 0 Å². The van der Waals surface area contributed by atoms with Crippen molar-refractivity contribution in [2.24, 2.45) is 0 Å². The second kappa shape index (κ2) is 7.11. The van der Waals surface area contributed by atoms with Crippen LogP contribution in [0.25, 0.3) is 0 Å². The highest BCUT2D eigenvalue weighted by Gasteiger charge is 2.40. The van der Waals surface area contributed by atoms with E-state index in [0.29, 0.717) is 6.54 Å². The maximum Gasteiger partial charge on any atom is 0.268 e. The molecule has 2 aliphatic heterocycles. The highest BCUT2D eigenvalue weighted by molar-refractivity contribution is 7.90. The van der Waals surface area contributed by atoms with E-state index in [4.69, 9.17) is 0 Å². The largest absolute Gasteiger partial charge is 0.351 e. The van der Waals surface area contributed by atoms with Gasteiger partial charge in [-0.15, -0.1) is 0 Å². The molecule has 0 bridgehead atoms. The van der Waals surface area contributed by atoms with Crippen LogP contribution in [0.4, 0.5) is 0 Å². The van der Waals surface area contributed by atoms with E-state index < -0.39 is 15.9 Å². The minimum absolute atomic E-state index is 0.0715. The molecule has 136 valence electrons. The molecule has 0 spiro atoms. The molecule has 2 heterocycles. The third-order valence-electron chi connectivity index (χ3n) is 4.48. The van der Waals surface area contributed by atoms with Crippen molar-refractivity contribution in [3.8, 4) is 0 Å². The molecule has 1 saturated heterocycles. The molecule has 2 amide bonds. The molecule has 9 heteroatoms. The van der Waals surface area contributed by atoms with Crippen LogP contribution in [-0.4, -0.2) is 75.3 Å². The second-order valence-electron chi connectivity index (χ2n) is 6.03. The molecule has 1 fully saturated rings. The number of amides is 2. The van der Waals surface area contributed by atoms with E-state index >= 15 is 0 Å². The predicted molar refractivity (Wildman–Crippen MR) is 92.0 cm³/mol. The zero-order chi connectivity index (χ0) is 18.0. The standard InChI is InChI=1S/C16H22N4O4S/c1-2-20-16(22)13-4-3-12(11-14(13)25(20,23)24)15(21)18-7-10-19-8-5-17-6-9-19/h3-4,11,17H,2,5-10H2,1H3,(H,18,21). The zero-order valence-electron chi connectivity index (χ0n) is 14.1. The molecule has 0 radical (unpaired) electrons. The van der Waals surface area contributed by atoms with E-state index in [2.05, 4.69) is 15.5 Å². The number of rotatable bonds is 5. The Hall–Kier alpha value is -1.97. The van der Waals surface area contributed by atoms with E-state index in [0.717, 1.165) is 37.0 Å². The molecule has 2 N–H and O–H groups in total. The molecule has 1 aromatic rings. The fourth-order valence-corrected chi connectivity index (χ4v) is 4.70. The van der Waals surface area contributed by atoms with Crippen LogP contribution in [0.5, 0.6) is 0 Å². The summed E-state index contributed by atoms with van der Waals surface area (Å²) in [5.41, 5.74) is 0.368. The monoisotopic (exact) mass is 366 g/mol. The number of hydrogen-bond donors (Lipinski definition) is 2. The average Bonchev–Trinajstić information content (AvgIpc) is 2.81. The van der Waals surface area contributed by atoms with Crippen LogP contribution in [0.2, 0.25) is 0 Å². The van der Waals surface area contributed by atoms with Gasteiger partial charge in [-0.2, -0.15) is 0 Å². The third kappa shape index (κ3) is 3.39. The number of fused-ring (bicyclic) bond motifs is 1. The lowest BCUT2D eigenvalue weighted by molar-refractivity contribution is 0.0874. The molecule has 2 aliphatic rings. The number of hydrogen-bond acceptors (Lipinski definition) is 6. The van der Waals surface area contributed by atoms with Gasteiger partial charge >= 0.3 is 0 Å². The number of sulfonamides is 1. The second-order valence-corrected chi connectivity index (χ2v) is 7.86. The van der Waals surface area contributed by atoms with Crippen LogP contribution in [0.1, 0.15) is 27.6 Å². The van der Waals surface area contributed by atoms with Gasteiger partial charge in [0.05, 0.1) is 5.56 Å². The van der Waals surface area contributed by atoms with Gasteiger partial charge in [0.25, 0.3) is 21.8 Å². The fourth-order valence-electron chi connectivity index (χ4n) is 3.09. The lowest BCUT2D eigenvalue weighted by atomic mass is 10.1. The molecule has 25 heavy (non-hydrogen) atoms. The highest BCUT2D eigenvalue weighted by Crippen LogP contribution is 2.30. The van der Waals surface area contributed by atoms with Crippen LogP contribution in [0, 0.1) is 0 Å². The van der Waals surface area contributed by atoms with Gasteiger partial charge in [-0.3, -0.25) is 14.5 Å². The van der Waals surface area contributed by atoms with E-state index in [-0.39, 0.29) is 28.5 Å². The maximum absolute atomic E-state index is 12.4. The smallest absolute Gasteiger partial charge is 0.268 e. The molecule has 1 aromatic carbocycles. The van der Waals surface area contributed by atoms with Crippen molar-refractivity contribution < 1.29 is 18.0 Å². The van der Waals surface area contributed by atoms with Crippen molar-refractivity contribution in [3.05, 3.63) is 29.3 Å². The molecule has 3 rings (SSSR count). The van der Waals surface area contributed by atoms with Gasteiger partial charge in [0.15, 0.2) is 0 Å². The van der Waals surface area contributed by atoms with Crippen LogP contribution in [0.15, 0.2) is 23.1 Å². The van der Waals surface area contributed by atoms with Gasteiger partial charge < -0.3 is 10.6 Å². The van der Waals surface area contributed by atoms with Crippen LogP contribution in [-0.2, 0) is 10.0 Å². The van der Waals surface area contributed by atoms with Gasteiger partial charge in [-0.1, -0.05) is 0 Å². The minimum Gasteiger partial charge on any atom is -0.351 e. The van der Waals surface area contributed by atoms with E-state index in [1.54, 1.807) is 6.92 Å². The predicted octanol–water partition coefficient (Wildman–Crippen LogP) is -0.514. The molecule has 0 atom stereocenters. The number of carbonyl (C=O) groups excluding carboxylic acids is 2. The Morgan fingerprint density at radius 2 is 2.00 bits per heavy atom. The molecule has 8 nitrogen and oxygen atoms in total. The van der Waals surface area contributed by atoms with Gasteiger partial charge in [0.2, 0.25) is 0 Å². The molecular formula is C16H22N4O4S. The van der Waals surface area contributed by atoms with Crippen LogP contribution >= 0.6 is 0 Å². The summed E-state index contributed by atoms with van der Waals surface area (Å²) in [5.74, 6) is -0.876. The molecule has 0 aromatic heterocycles. The molecule has 0 aliphatic carbocycles. The minimum atomic E-state index is -3.85. The van der Waals surface area contributed by atoms with Crippen molar-refractivity contribution in [2.45, 2.75) is 11.8 Å². The fraction of sp³-hybridized carbons (Fsp3) is 0.500. The van der Waals surface area contributed by atoms with Crippen molar-refractivity contribution in [3.63, 3.8) is 0 Å². The van der Waals surface area contributed by atoms with Crippen molar-refractivity contribution in [1.29, 1.82) is 0 Å². The van der Waals surface area contributed by atoms with E-state index in [1.807, 2.05) is 0 Å². The van der Waals surface area contributed by atoms with Gasteiger partial charge in [0.1, 0.15) is 4.90 Å². The lowest BCUT2D eigenvalue weighted by Crippen LogP contribution is -2.46. The SMILES string of the molecule is CCN1C(=O)c2ccc(C(=O)NCCN3CCNCC3)cc2S1(=O)=O. The summed E-state index contributed by atoms with van der Waals surface area (Å²) in [4.78, 5) is 26.6. The van der Waals surface area contributed by atoms with Gasteiger partial charge in [-0.05, 0) is 25.1 Å². The Bertz CT molecular complexity index is 787. The summed E-state index contributed by atoms with van der Waals surface area (Å²) in [5, 5.41) is 6.07.